The highest BCUT2D eigenvalue weighted by Gasteiger charge is 2.14. The van der Waals surface area contributed by atoms with E-state index in [0.717, 1.165) is 5.56 Å². The van der Waals surface area contributed by atoms with Crippen LogP contribution in [0.5, 0.6) is 0 Å². The number of ether oxygens (including phenoxy) is 1. The topological polar surface area (TPSA) is 29.5 Å². The van der Waals surface area contributed by atoms with Crippen molar-refractivity contribution in [3.05, 3.63) is 65.7 Å². The van der Waals surface area contributed by atoms with Crippen LogP contribution in [0.1, 0.15) is 18.1 Å². The van der Waals surface area contributed by atoms with Gasteiger partial charge < -0.3 is 4.74 Å². The first-order valence-electron chi connectivity index (χ1n) is 6.81. The summed E-state index contributed by atoms with van der Waals surface area (Å²) < 4.78 is 5.05. The number of hydrogen-bond donors (Lipinski definition) is 0. The molecule has 0 bridgehead atoms. The molecule has 0 fully saturated rings. The lowest BCUT2D eigenvalue weighted by Crippen LogP contribution is -2.26. The fourth-order valence-electron chi connectivity index (χ4n) is 1.74. The molecule has 0 unspecified atom stereocenters. The minimum absolute atomic E-state index is 0.314. The van der Waals surface area contributed by atoms with Crippen molar-refractivity contribution in [1.82, 2.24) is 0 Å². The largest absolute Gasteiger partial charge is 0.449 e. The predicted octanol–water partition coefficient (Wildman–Crippen LogP) is 3.97. The highest BCUT2D eigenvalue weighted by atomic mass is 16.6. The molecule has 0 aliphatic rings. The fourth-order valence-corrected chi connectivity index (χ4v) is 1.74. The molecule has 2 aromatic carbocycles. The second kappa shape index (κ2) is 7.16. The monoisotopic (exact) mass is 279 g/mol. The van der Waals surface area contributed by atoms with Crippen molar-refractivity contribution in [2.24, 2.45) is 0 Å². The Labute approximate surface area is 125 Å². The fraction of sp³-hybridized carbons (Fsp3) is 0.167. The summed E-state index contributed by atoms with van der Waals surface area (Å²) in [4.78, 5) is 13.3. The molecule has 1 amide bonds. The molecular formula is C18H17NO2. The number of amides is 1. The van der Waals surface area contributed by atoms with E-state index in [2.05, 4.69) is 12.0 Å². The van der Waals surface area contributed by atoms with Crippen molar-refractivity contribution in [3.8, 4) is 12.0 Å². The van der Waals surface area contributed by atoms with Gasteiger partial charge in [0.2, 0.25) is 0 Å². The maximum atomic E-state index is 12.0. The molecule has 2 rings (SSSR count). The van der Waals surface area contributed by atoms with Gasteiger partial charge in [-0.1, -0.05) is 35.9 Å². The number of carbonyl (C=O) groups excluding carboxylic acids is 1. The van der Waals surface area contributed by atoms with Gasteiger partial charge in [-0.15, -0.1) is 0 Å². The van der Waals surface area contributed by atoms with Crippen LogP contribution >= 0.6 is 0 Å². The number of anilines is 1. The zero-order chi connectivity index (χ0) is 15.1. The average molecular weight is 279 g/mol. The minimum atomic E-state index is -0.469. The van der Waals surface area contributed by atoms with Crippen LogP contribution in [0.3, 0.4) is 0 Å². The van der Waals surface area contributed by atoms with Crippen molar-refractivity contribution in [3.63, 3.8) is 0 Å². The Hall–Kier alpha value is -2.73. The number of nitrogens with zero attached hydrogens (tertiary/aromatic N) is 1. The first-order chi connectivity index (χ1) is 10.2. The molecule has 3 nitrogen and oxygen atoms in total. The summed E-state index contributed by atoms with van der Waals surface area (Å²) >= 11 is 0. The minimum Gasteiger partial charge on any atom is -0.449 e. The molecule has 0 heterocycles. The van der Waals surface area contributed by atoms with Gasteiger partial charge in [-0.2, -0.15) is 0 Å². The molecule has 0 saturated heterocycles. The lowest BCUT2D eigenvalue weighted by Gasteiger charge is -2.14. The van der Waals surface area contributed by atoms with Crippen molar-refractivity contribution < 1.29 is 9.53 Å². The highest BCUT2D eigenvalue weighted by Crippen LogP contribution is 2.13. The maximum Gasteiger partial charge on any atom is 0.426 e. The third-order valence-corrected chi connectivity index (χ3v) is 2.83. The summed E-state index contributed by atoms with van der Waals surface area (Å²) in [5.41, 5.74) is 2.72. The smallest absolute Gasteiger partial charge is 0.426 e. The first-order valence-corrected chi connectivity index (χ1v) is 6.81. The molecule has 0 N–H and O–H groups in total. The normalized spacial score (nSPS) is 9.43. The molecule has 106 valence electrons. The number of aryl methyl sites for hydroxylation is 1. The van der Waals surface area contributed by atoms with Crippen molar-refractivity contribution >= 4 is 11.8 Å². The van der Waals surface area contributed by atoms with Crippen LogP contribution in [0, 0.1) is 18.9 Å². The van der Waals surface area contributed by atoms with Gasteiger partial charge in [-0.3, -0.25) is 0 Å². The zero-order valence-corrected chi connectivity index (χ0v) is 12.2. The summed E-state index contributed by atoms with van der Waals surface area (Å²) in [6, 6.07) is 19.9. The van der Waals surface area contributed by atoms with E-state index in [-0.39, 0.29) is 0 Å². The molecule has 21 heavy (non-hydrogen) atoms. The molecule has 0 atom stereocenters. The standard InChI is InChI=1S/C18H17NO2/c1-3-21-18(20)19(17-7-5-4-6-8-17)14-13-16-11-9-15(2)10-12-16/h4-12H,3H2,1-2H3. The Balaban J connectivity index is 2.29. The van der Waals surface area contributed by atoms with Gasteiger partial charge in [0, 0.05) is 11.6 Å². The van der Waals surface area contributed by atoms with Gasteiger partial charge in [0.15, 0.2) is 0 Å². The molecule has 0 aliphatic carbocycles. The number of hydrogen-bond acceptors (Lipinski definition) is 2. The Morgan fingerprint density at radius 3 is 2.38 bits per heavy atom. The summed E-state index contributed by atoms with van der Waals surface area (Å²) in [6.07, 6.45) is -0.469. The van der Waals surface area contributed by atoms with Gasteiger partial charge in [0.1, 0.15) is 0 Å². The number of benzene rings is 2. The number of para-hydroxylation sites is 1. The molecule has 0 radical (unpaired) electrons. The van der Waals surface area contributed by atoms with Crippen molar-refractivity contribution in [2.75, 3.05) is 11.5 Å². The van der Waals surface area contributed by atoms with E-state index in [1.54, 1.807) is 6.92 Å². The molecular weight excluding hydrogens is 262 g/mol. The molecule has 3 heteroatoms. The van der Waals surface area contributed by atoms with E-state index in [0.29, 0.717) is 12.3 Å². The van der Waals surface area contributed by atoms with Gasteiger partial charge in [-0.05, 0) is 44.0 Å². The third kappa shape index (κ3) is 4.12. The predicted molar refractivity (Wildman–Crippen MR) is 84.0 cm³/mol. The lowest BCUT2D eigenvalue weighted by molar-refractivity contribution is 0.163. The second-order valence-corrected chi connectivity index (χ2v) is 4.47. The van der Waals surface area contributed by atoms with Crippen molar-refractivity contribution in [2.45, 2.75) is 13.8 Å². The summed E-state index contributed by atoms with van der Waals surface area (Å²) in [5, 5.41) is 0. The molecule has 0 spiro atoms. The lowest BCUT2D eigenvalue weighted by atomic mass is 10.2. The van der Waals surface area contributed by atoms with Crippen LogP contribution in [0.2, 0.25) is 0 Å². The SMILES string of the molecule is CCOC(=O)N(C#Cc1ccc(C)cc1)c1ccccc1. The Bertz CT molecular complexity index is 651. The Morgan fingerprint density at radius 2 is 1.76 bits per heavy atom. The maximum absolute atomic E-state index is 12.0. The molecule has 2 aromatic rings. The van der Waals surface area contributed by atoms with Gasteiger partial charge in [0.05, 0.1) is 12.3 Å². The highest BCUT2D eigenvalue weighted by molar-refractivity contribution is 5.91. The third-order valence-electron chi connectivity index (χ3n) is 2.83. The summed E-state index contributed by atoms with van der Waals surface area (Å²) in [7, 11) is 0. The van der Waals surface area contributed by atoms with Gasteiger partial charge in [0.25, 0.3) is 0 Å². The first kappa shape index (κ1) is 14.7. The van der Waals surface area contributed by atoms with E-state index < -0.39 is 6.09 Å². The average Bonchev–Trinajstić information content (AvgIpc) is 2.51. The van der Waals surface area contributed by atoms with E-state index >= 15 is 0 Å². The summed E-state index contributed by atoms with van der Waals surface area (Å²) in [6.45, 7) is 4.11. The van der Waals surface area contributed by atoms with Crippen LogP contribution in [0.4, 0.5) is 10.5 Å². The van der Waals surface area contributed by atoms with Gasteiger partial charge >= 0.3 is 6.09 Å². The van der Waals surface area contributed by atoms with Gasteiger partial charge in [-0.25, -0.2) is 9.69 Å². The van der Waals surface area contributed by atoms with Crippen LogP contribution in [0.25, 0.3) is 0 Å². The molecule has 0 saturated carbocycles. The van der Waals surface area contributed by atoms with E-state index in [1.807, 2.05) is 61.5 Å². The molecule has 0 aromatic heterocycles. The quantitative estimate of drug-likeness (QED) is 0.615. The van der Waals surface area contributed by atoms with E-state index in [1.165, 1.54) is 10.5 Å². The van der Waals surface area contributed by atoms with E-state index in [9.17, 15) is 4.79 Å². The second-order valence-electron chi connectivity index (χ2n) is 4.47. The summed E-state index contributed by atoms with van der Waals surface area (Å²) in [5.74, 6) is 2.98. The van der Waals surface area contributed by atoms with Crippen LogP contribution in [-0.4, -0.2) is 12.7 Å². The number of rotatable bonds is 2. The Morgan fingerprint density at radius 1 is 1.10 bits per heavy atom. The van der Waals surface area contributed by atoms with Crippen molar-refractivity contribution in [1.29, 1.82) is 0 Å². The van der Waals surface area contributed by atoms with Crippen LogP contribution in [-0.2, 0) is 4.74 Å². The zero-order valence-electron chi connectivity index (χ0n) is 12.2. The van der Waals surface area contributed by atoms with E-state index in [4.69, 9.17) is 4.74 Å². The number of carbonyl (C=O) groups is 1. The van der Waals surface area contributed by atoms with Crippen LogP contribution < -0.4 is 4.90 Å². The Kier molecular flexibility index (Phi) is 5.00. The van der Waals surface area contributed by atoms with Crippen LogP contribution in [0.15, 0.2) is 54.6 Å². The molecule has 0 aliphatic heterocycles.